The number of hydrogen-bond donors (Lipinski definition) is 0. The van der Waals surface area contributed by atoms with Gasteiger partial charge in [0.1, 0.15) is 12.5 Å². The third-order valence-corrected chi connectivity index (χ3v) is 15.2. The van der Waals surface area contributed by atoms with Gasteiger partial charge in [-0.2, -0.15) is 0 Å². The zero-order valence-corrected chi connectivity index (χ0v) is 50.3. The minimum absolute atomic E-state index is 0.0134. The molecule has 408 valence electrons. The van der Waals surface area contributed by atoms with E-state index in [2.05, 4.69) is 254 Å². The van der Waals surface area contributed by atoms with Gasteiger partial charge in [0, 0.05) is 39.3 Å². The van der Waals surface area contributed by atoms with E-state index in [4.69, 9.17) is 37.2 Å². The number of anilines is 4. The van der Waals surface area contributed by atoms with E-state index < -0.39 is 42.7 Å². The molecule has 0 bridgehead atoms. The van der Waals surface area contributed by atoms with Crippen LogP contribution in [0.1, 0.15) is 147 Å². The molecule has 0 amide bonds. The van der Waals surface area contributed by atoms with Crippen LogP contribution in [0.25, 0.3) is 27.6 Å². The summed E-state index contributed by atoms with van der Waals surface area (Å²) < 4.78 is 50.6. The summed E-state index contributed by atoms with van der Waals surface area (Å²) in [5.74, 6) is 0.909. The number of rotatable bonds is 9. The summed E-state index contributed by atoms with van der Waals surface area (Å²) in [5.41, 5.74) is 12.2. The summed E-state index contributed by atoms with van der Waals surface area (Å²) in [6, 6.07) is 41.5. The van der Waals surface area contributed by atoms with E-state index in [9.17, 15) is 0 Å². The molecular weight excluding hydrogens is 978 g/mol. The van der Waals surface area contributed by atoms with Crippen molar-refractivity contribution in [2.75, 3.05) is 16.5 Å². The van der Waals surface area contributed by atoms with E-state index >= 15 is 0 Å². The van der Waals surface area contributed by atoms with Gasteiger partial charge in [-0.15, -0.1) is 0 Å². The average molecular weight is 1060 g/mol. The lowest BCUT2D eigenvalue weighted by molar-refractivity contribution is 0.107. The predicted molar refractivity (Wildman–Crippen MR) is 332 cm³/mol. The van der Waals surface area contributed by atoms with Crippen molar-refractivity contribution >= 4 is 98.2 Å². The monoisotopic (exact) mass is 1060 g/mol. The van der Waals surface area contributed by atoms with Crippen molar-refractivity contribution in [1.29, 1.82) is 0 Å². The number of benzene rings is 5. The predicted octanol–water partition coefficient (Wildman–Crippen LogP) is 14.4. The van der Waals surface area contributed by atoms with Crippen LogP contribution in [-0.4, -0.2) is 58.9 Å². The normalized spacial score (nSPS) is 16.3. The van der Waals surface area contributed by atoms with E-state index in [0.717, 1.165) is 67.2 Å². The lowest BCUT2D eigenvalue weighted by Gasteiger charge is -2.43. The first-order valence-electron chi connectivity index (χ1n) is 28.3. The summed E-state index contributed by atoms with van der Waals surface area (Å²) in [7, 11) is -3.87. The first-order chi connectivity index (χ1) is 36.9. The molecular formula is C62H80B6N4O7. The van der Waals surface area contributed by atoms with Crippen LogP contribution in [0, 0.1) is 0 Å². The van der Waals surface area contributed by atoms with Crippen molar-refractivity contribution in [2.45, 2.75) is 170 Å². The average Bonchev–Trinajstić information content (AvgIpc) is 4.16. The number of nitrogens with zero attached hydrogens (tertiary/aromatic N) is 4. The highest BCUT2D eigenvalue weighted by Crippen LogP contribution is 2.46. The zero-order valence-electron chi connectivity index (χ0n) is 50.3. The minimum atomic E-state index is -0.808. The Morgan fingerprint density at radius 2 is 0.949 bits per heavy atom. The first kappa shape index (κ1) is 57.0. The summed E-state index contributed by atoms with van der Waals surface area (Å²) >= 11 is 0. The molecule has 0 N–H and O–H groups in total. The molecule has 2 saturated heterocycles. The second kappa shape index (κ2) is 20.9. The molecule has 3 aliphatic heterocycles. The van der Waals surface area contributed by atoms with Crippen LogP contribution in [0.15, 0.2) is 121 Å². The van der Waals surface area contributed by atoms with Gasteiger partial charge < -0.3 is 42.0 Å². The molecule has 0 spiro atoms. The minimum Gasteiger partial charge on any atom is -0.452 e. The van der Waals surface area contributed by atoms with E-state index in [-0.39, 0.29) is 32.1 Å². The van der Waals surface area contributed by atoms with Gasteiger partial charge in [0.2, 0.25) is 0 Å². The Kier molecular flexibility index (Phi) is 15.1. The Morgan fingerprint density at radius 1 is 0.456 bits per heavy atom. The highest BCUT2D eigenvalue weighted by atomic mass is 16.7. The SMILES string of the molecule is CC(C)(C)B1OB(c2cc(C(C)(C)C)cc(B3OB(C(C)(C)C)OB(C(C)(C)C)O3)c2N2CN(c3cccc(COCc4ccc5c6ccccc6n(-c6cc(C(C)(C)C)ccn6)c5c4)c3)c3ccccc32)OB(C(C)(C)C)O1. The lowest BCUT2D eigenvalue weighted by Crippen LogP contribution is -2.62. The second-order valence-corrected chi connectivity index (χ2v) is 28.5. The van der Waals surface area contributed by atoms with Crippen molar-refractivity contribution in [3.63, 3.8) is 0 Å². The molecule has 3 aliphatic rings. The highest BCUT2D eigenvalue weighted by molar-refractivity contribution is 6.84. The van der Waals surface area contributed by atoms with E-state index in [1.807, 2.05) is 6.20 Å². The molecule has 7 aromatic rings. The summed E-state index contributed by atoms with van der Waals surface area (Å²) in [6.45, 7) is 40.6. The quantitative estimate of drug-likeness (QED) is 0.130. The highest BCUT2D eigenvalue weighted by Gasteiger charge is 2.55. The van der Waals surface area contributed by atoms with E-state index in [1.54, 1.807) is 0 Å². The van der Waals surface area contributed by atoms with Crippen LogP contribution in [0.4, 0.5) is 22.7 Å². The molecule has 5 heterocycles. The molecule has 10 rings (SSSR count). The number of aromatic nitrogens is 2. The first-order valence-corrected chi connectivity index (χ1v) is 28.3. The second-order valence-electron chi connectivity index (χ2n) is 28.5. The molecule has 79 heavy (non-hydrogen) atoms. The van der Waals surface area contributed by atoms with Crippen LogP contribution in [0.3, 0.4) is 0 Å². The third-order valence-electron chi connectivity index (χ3n) is 15.2. The van der Waals surface area contributed by atoms with Crippen LogP contribution < -0.4 is 20.7 Å². The van der Waals surface area contributed by atoms with Gasteiger partial charge in [-0.1, -0.05) is 191 Å². The Hall–Kier alpha value is -5.24. The Morgan fingerprint density at radius 3 is 1.48 bits per heavy atom. The van der Waals surface area contributed by atoms with Crippen LogP contribution in [-0.2, 0) is 56.2 Å². The number of hydrogen-bond acceptors (Lipinski definition) is 10. The molecule has 11 nitrogen and oxygen atoms in total. The van der Waals surface area contributed by atoms with E-state index in [0.29, 0.717) is 19.9 Å². The van der Waals surface area contributed by atoms with Gasteiger partial charge in [-0.25, -0.2) is 4.98 Å². The smallest absolute Gasteiger partial charge is 0.452 e. The molecule has 0 saturated carbocycles. The van der Waals surface area contributed by atoms with E-state index in [1.165, 1.54) is 16.3 Å². The van der Waals surface area contributed by atoms with Crippen molar-refractivity contribution in [2.24, 2.45) is 0 Å². The van der Waals surface area contributed by atoms with Gasteiger partial charge in [0.15, 0.2) is 0 Å². The van der Waals surface area contributed by atoms with Crippen LogP contribution in [0.2, 0.25) is 21.3 Å². The molecule has 5 aromatic carbocycles. The fraction of sp³-hybridized carbons (Fsp3) is 0.435. The molecule has 2 aromatic heterocycles. The maximum atomic E-state index is 7.08. The summed E-state index contributed by atoms with van der Waals surface area (Å²) in [5, 5.41) is 0.941. The summed E-state index contributed by atoms with van der Waals surface area (Å²) in [4.78, 5) is 9.67. The van der Waals surface area contributed by atoms with Crippen LogP contribution >= 0.6 is 0 Å². The maximum absolute atomic E-state index is 7.08. The number of para-hydroxylation sites is 3. The lowest BCUT2D eigenvalue weighted by atomic mass is 9.49. The Balaban J connectivity index is 1.02. The van der Waals surface area contributed by atoms with Gasteiger partial charge in [0.05, 0.1) is 35.6 Å². The molecule has 0 aliphatic carbocycles. The van der Waals surface area contributed by atoms with Gasteiger partial charge in [0.25, 0.3) is 0 Å². The number of pyridine rings is 1. The molecule has 0 unspecified atom stereocenters. The largest absolute Gasteiger partial charge is 0.468 e. The molecule has 2 fully saturated rings. The number of ether oxygens (including phenoxy) is 1. The van der Waals surface area contributed by atoms with Gasteiger partial charge in [-0.05, 0) is 103 Å². The maximum Gasteiger partial charge on any atom is 0.468 e. The van der Waals surface area contributed by atoms with Crippen molar-refractivity contribution in [1.82, 2.24) is 9.55 Å². The van der Waals surface area contributed by atoms with Crippen LogP contribution in [0.5, 0.6) is 0 Å². The van der Waals surface area contributed by atoms with Crippen molar-refractivity contribution in [3.05, 3.63) is 144 Å². The standard InChI is InChI=1S/C62H80B6N4O7/c1-57(2,3)44-32-33-69-55(38-44)72-51-27-20-19-26-47(51)48-31-30-43(35-54(48)72)40-73-39-42-24-23-25-46(34-42)70-41-71(53-29-22-21-28-52(53)70)56-49(63-74-65(59(7,8)9)78-66(75-63)60(10,11)12)36-45(58(4,5)6)37-50(56)64-76-67(61(13,14)15)79-68(77-64)62(16,17)18/h19-38H,39-41H2,1-18H3. The van der Waals surface area contributed by atoms with Crippen molar-refractivity contribution < 1.29 is 32.2 Å². The molecule has 17 heteroatoms. The topological polar surface area (TPSA) is 88.9 Å². The summed E-state index contributed by atoms with van der Waals surface area (Å²) in [6.07, 6.45) is 1.93. The molecule has 0 atom stereocenters. The number of fused-ring (bicyclic) bond motifs is 4. The molecule has 0 radical (unpaired) electrons. The van der Waals surface area contributed by atoms with Gasteiger partial charge in [-0.3, -0.25) is 4.57 Å². The Bertz CT molecular complexity index is 3250. The fourth-order valence-corrected chi connectivity index (χ4v) is 10.7. The van der Waals surface area contributed by atoms with Crippen molar-refractivity contribution in [3.8, 4) is 5.82 Å². The third kappa shape index (κ3) is 11.8. The zero-order chi connectivity index (χ0) is 56.8. The fourth-order valence-electron chi connectivity index (χ4n) is 10.7. The van der Waals surface area contributed by atoms with Gasteiger partial charge >= 0.3 is 42.7 Å². The Labute approximate surface area is 473 Å².